The van der Waals surface area contributed by atoms with E-state index in [0.29, 0.717) is 5.92 Å². The van der Waals surface area contributed by atoms with Gasteiger partial charge in [0.25, 0.3) is 0 Å². The summed E-state index contributed by atoms with van der Waals surface area (Å²) in [7, 11) is 0. The van der Waals surface area contributed by atoms with Gasteiger partial charge in [-0.1, -0.05) is 18.2 Å². The summed E-state index contributed by atoms with van der Waals surface area (Å²) >= 11 is 0. The molecule has 1 aliphatic heterocycles. The summed E-state index contributed by atoms with van der Waals surface area (Å²) in [6.45, 7) is 2.02. The van der Waals surface area contributed by atoms with Gasteiger partial charge in [0.15, 0.2) is 0 Å². The van der Waals surface area contributed by atoms with Crippen molar-refractivity contribution in [2.75, 3.05) is 13.1 Å². The second-order valence-electron chi connectivity index (χ2n) is 3.64. The van der Waals surface area contributed by atoms with Crippen molar-refractivity contribution in [2.24, 2.45) is 0 Å². The maximum atomic E-state index is 4.55. The molecule has 0 bridgehead atoms. The highest BCUT2D eigenvalue weighted by Crippen LogP contribution is 2.18. The van der Waals surface area contributed by atoms with Crippen LogP contribution in [0.25, 0.3) is 10.9 Å². The van der Waals surface area contributed by atoms with E-state index in [2.05, 4.69) is 15.3 Å². The van der Waals surface area contributed by atoms with Gasteiger partial charge in [0.1, 0.15) is 5.82 Å². The molecule has 1 aromatic carbocycles. The van der Waals surface area contributed by atoms with E-state index in [4.69, 9.17) is 0 Å². The molecule has 1 saturated heterocycles. The smallest absolute Gasteiger partial charge is 0.134 e. The Balaban J connectivity index is 2.10. The Morgan fingerprint density at radius 2 is 2.07 bits per heavy atom. The van der Waals surface area contributed by atoms with Crippen LogP contribution in [-0.4, -0.2) is 23.1 Å². The SMILES string of the molecule is c1ccc2nc(C3CNC3)ncc2c1. The van der Waals surface area contributed by atoms with Crippen molar-refractivity contribution in [1.29, 1.82) is 0 Å². The van der Waals surface area contributed by atoms with Crippen molar-refractivity contribution in [2.45, 2.75) is 5.92 Å². The highest BCUT2D eigenvalue weighted by Gasteiger charge is 2.21. The summed E-state index contributed by atoms with van der Waals surface area (Å²) in [6.07, 6.45) is 1.91. The molecule has 1 aliphatic rings. The normalized spacial score (nSPS) is 16.9. The van der Waals surface area contributed by atoms with Crippen LogP contribution in [0, 0.1) is 0 Å². The molecule has 3 nitrogen and oxygen atoms in total. The number of rotatable bonds is 1. The molecule has 3 heteroatoms. The van der Waals surface area contributed by atoms with Crippen LogP contribution in [0.2, 0.25) is 0 Å². The molecule has 0 unspecified atom stereocenters. The average Bonchev–Trinajstić information content (AvgIpc) is 2.15. The van der Waals surface area contributed by atoms with Gasteiger partial charge in [-0.3, -0.25) is 0 Å². The van der Waals surface area contributed by atoms with E-state index >= 15 is 0 Å². The van der Waals surface area contributed by atoms with Gasteiger partial charge in [-0.15, -0.1) is 0 Å². The minimum absolute atomic E-state index is 0.514. The van der Waals surface area contributed by atoms with Gasteiger partial charge < -0.3 is 5.32 Å². The number of benzene rings is 1. The fourth-order valence-electron chi connectivity index (χ4n) is 1.65. The molecule has 3 rings (SSSR count). The van der Waals surface area contributed by atoms with Gasteiger partial charge in [0.05, 0.1) is 5.52 Å². The summed E-state index contributed by atoms with van der Waals surface area (Å²) in [5.74, 6) is 1.49. The summed E-state index contributed by atoms with van der Waals surface area (Å²) < 4.78 is 0. The molecule has 14 heavy (non-hydrogen) atoms. The Morgan fingerprint density at radius 1 is 1.21 bits per heavy atom. The Morgan fingerprint density at radius 3 is 2.86 bits per heavy atom. The lowest BCUT2D eigenvalue weighted by Gasteiger charge is -2.25. The van der Waals surface area contributed by atoms with E-state index in [1.165, 1.54) is 0 Å². The first-order valence-corrected chi connectivity index (χ1v) is 4.86. The zero-order chi connectivity index (χ0) is 9.38. The van der Waals surface area contributed by atoms with Gasteiger partial charge in [-0.05, 0) is 6.07 Å². The summed E-state index contributed by atoms with van der Waals surface area (Å²) in [5, 5.41) is 4.34. The number of hydrogen-bond acceptors (Lipinski definition) is 3. The Labute approximate surface area is 82.2 Å². The van der Waals surface area contributed by atoms with E-state index in [1.54, 1.807) is 0 Å². The fourth-order valence-corrected chi connectivity index (χ4v) is 1.65. The quantitative estimate of drug-likeness (QED) is 0.728. The topological polar surface area (TPSA) is 37.8 Å². The van der Waals surface area contributed by atoms with E-state index in [-0.39, 0.29) is 0 Å². The molecule has 0 saturated carbocycles. The van der Waals surface area contributed by atoms with Crippen molar-refractivity contribution < 1.29 is 0 Å². The lowest BCUT2D eigenvalue weighted by molar-refractivity contribution is 0.431. The van der Waals surface area contributed by atoms with Gasteiger partial charge in [-0.25, -0.2) is 9.97 Å². The highest BCUT2D eigenvalue weighted by molar-refractivity contribution is 5.77. The number of aromatic nitrogens is 2. The Kier molecular flexibility index (Phi) is 1.70. The minimum Gasteiger partial charge on any atom is -0.315 e. The Hall–Kier alpha value is -1.48. The van der Waals surface area contributed by atoms with Crippen molar-refractivity contribution >= 4 is 10.9 Å². The van der Waals surface area contributed by atoms with E-state index < -0.39 is 0 Å². The number of nitrogens with zero attached hydrogens (tertiary/aromatic N) is 2. The zero-order valence-electron chi connectivity index (χ0n) is 7.77. The molecule has 1 fully saturated rings. The lowest BCUT2D eigenvalue weighted by Crippen LogP contribution is -2.40. The molecular weight excluding hydrogens is 174 g/mol. The van der Waals surface area contributed by atoms with E-state index in [9.17, 15) is 0 Å². The lowest BCUT2D eigenvalue weighted by atomic mass is 10.0. The largest absolute Gasteiger partial charge is 0.315 e. The molecule has 1 aromatic heterocycles. The van der Waals surface area contributed by atoms with Crippen molar-refractivity contribution in [1.82, 2.24) is 15.3 Å². The van der Waals surface area contributed by atoms with Crippen molar-refractivity contribution in [3.05, 3.63) is 36.3 Å². The number of fused-ring (bicyclic) bond motifs is 1. The first-order valence-electron chi connectivity index (χ1n) is 4.86. The molecular formula is C11H11N3. The summed E-state index contributed by atoms with van der Waals surface area (Å²) in [5.41, 5.74) is 1.05. The van der Waals surface area contributed by atoms with Crippen LogP contribution < -0.4 is 5.32 Å². The van der Waals surface area contributed by atoms with Crippen LogP contribution in [0.5, 0.6) is 0 Å². The number of para-hydroxylation sites is 1. The second-order valence-corrected chi connectivity index (χ2v) is 3.64. The van der Waals surface area contributed by atoms with E-state index in [1.807, 2.05) is 30.5 Å². The molecule has 0 atom stereocenters. The summed E-state index contributed by atoms with van der Waals surface area (Å²) in [4.78, 5) is 8.92. The molecule has 2 aromatic rings. The standard InChI is InChI=1S/C11H11N3/c1-2-4-10-8(3-1)7-13-11(14-10)9-5-12-6-9/h1-4,7,9,12H,5-6H2. The maximum absolute atomic E-state index is 4.55. The third-order valence-corrected chi connectivity index (χ3v) is 2.65. The van der Waals surface area contributed by atoms with Crippen molar-refractivity contribution in [3.63, 3.8) is 0 Å². The van der Waals surface area contributed by atoms with Gasteiger partial charge in [-0.2, -0.15) is 0 Å². The predicted octanol–water partition coefficient (Wildman–Crippen LogP) is 1.32. The van der Waals surface area contributed by atoms with Crippen LogP contribution in [0.15, 0.2) is 30.5 Å². The van der Waals surface area contributed by atoms with Crippen LogP contribution >= 0.6 is 0 Å². The molecule has 1 N–H and O–H groups in total. The number of hydrogen-bond donors (Lipinski definition) is 1. The molecule has 0 aliphatic carbocycles. The number of nitrogens with one attached hydrogen (secondary N) is 1. The van der Waals surface area contributed by atoms with Gasteiger partial charge in [0.2, 0.25) is 0 Å². The third-order valence-electron chi connectivity index (χ3n) is 2.65. The van der Waals surface area contributed by atoms with Crippen LogP contribution in [0.4, 0.5) is 0 Å². The fraction of sp³-hybridized carbons (Fsp3) is 0.273. The average molecular weight is 185 g/mol. The van der Waals surface area contributed by atoms with Crippen LogP contribution in [0.1, 0.15) is 11.7 Å². The second kappa shape index (κ2) is 3.03. The van der Waals surface area contributed by atoms with E-state index in [0.717, 1.165) is 29.8 Å². The van der Waals surface area contributed by atoms with Crippen LogP contribution in [-0.2, 0) is 0 Å². The summed E-state index contributed by atoms with van der Waals surface area (Å²) in [6, 6.07) is 8.10. The molecule has 0 amide bonds. The Bertz CT molecular complexity index is 463. The van der Waals surface area contributed by atoms with Crippen molar-refractivity contribution in [3.8, 4) is 0 Å². The zero-order valence-corrected chi connectivity index (χ0v) is 7.77. The highest BCUT2D eigenvalue weighted by atomic mass is 15.0. The first kappa shape index (κ1) is 7.88. The molecule has 2 heterocycles. The predicted molar refractivity (Wildman–Crippen MR) is 55.1 cm³/mol. The third kappa shape index (κ3) is 1.17. The molecule has 70 valence electrons. The monoisotopic (exact) mass is 185 g/mol. The minimum atomic E-state index is 0.514. The molecule has 0 radical (unpaired) electrons. The van der Waals surface area contributed by atoms with Crippen LogP contribution in [0.3, 0.4) is 0 Å². The molecule has 0 spiro atoms. The first-order chi connectivity index (χ1) is 6.93. The van der Waals surface area contributed by atoms with Gasteiger partial charge >= 0.3 is 0 Å². The van der Waals surface area contributed by atoms with Gasteiger partial charge in [0, 0.05) is 30.6 Å². The maximum Gasteiger partial charge on any atom is 0.134 e.